The zero-order valence-electron chi connectivity index (χ0n) is 30.4. The van der Waals surface area contributed by atoms with E-state index < -0.39 is 11.9 Å². The summed E-state index contributed by atoms with van der Waals surface area (Å²) in [6.07, 6.45) is 6.71. The molecule has 0 aliphatic heterocycles. The van der Waals surface area contributed by atoms with E-state index in [1.165, 1.54) is 21.3 Å². The van der Waals surface area contributed by atoms with Crippen LogP contribution in [0.1, 0.15) is 74.0 Å². The second kappa shape index (κ2) is 17.9. The molecule has 5 rings (SSSR count). The number of carbonyl (C=O) groups is 2. The van der Waals surface area contributed by atoms with Crippen LogP contribution >= 0.6 is 0 Å². The maximum Gasteiger partial charge on any atom is 0.384 e. The van der Waals surface area contributed by atoms with Gasteiger partial charge >= 0.3 is 11.9 Å². The van der Waals surface area contributed by atoms with E-state index in [2.05, 4.69) is 23.8 Å². The normalized spacial score (nSPS) is 20.1. The molecule has 51 heavy (non-hydrogen) atoms. The predicted molar refractivity (Wildman–Crippen MR) is 193 cm³/mol. The van der Waals surface area contributed by atoms with E-state index in [1.807, 2.05) is 48.5 Å². The molecule has 0 aromatic heterocycles. The summed E-state index contributed by atoms with van der Waals surface area (Å²) in [7, 11) is 10.0. The predicted octanol–water partition coefficient (Wildman–Crippen LogP) is 6.55. The monoisotopic (exact) mass is 699 g/mol. The Hall–Kier alpha value is -4.88. The number of benzene rings is 3. The van der Waals surface area contributed by atoms with Crippen LogP contribution in [0.25, 0.3) is 0 Å². The first-order chi connectivity index (χ1) is 24.8. The summed E-state index contributed by atoms with van der Waals surface area (Å²) in [6.45, 7) is 0. The van der Waals surface area contributed by atoms with Gasteiger partial charge in [0.2, 0.25) is 5.75 Å². The number of hydrogen-bond acceptors (Lipinski definition) is 10. The van der Waals surface area contributed by atoms with Crippen LogP contribution in [0.4, 0.5) is 0 Å². The van der Waals surface area contributed by atoms with Gasteiger partial charge in [0, 0.05) is 23.6 Å². The van der Waals surface area contributed by atoms with Crippen LogP contribution in [-0.2, 0) is 19.1 Å². The van der Waals surface area contributed by atoms with E-state index >= 15 is 0 Å². The lowest BCUT2D eigenvalue weighted by atomic mass is 9.87. The van der Waals surface area contributed by atoms with Gasteiger partial charge in [-0.25, -0.2) is 4.79 Å². The molecular formula is C41H49NO9. The highest BCUT2D eigenvalue weighted by atomic mass is 16.6. The van der Waals surface area contributed by atoms with Gasteiger partial charge in [-0.1, -0.05) is 30.2 Å². The number of esters is 2. The van der Waals surface area contributed by atoms with Crippen molar-refractivity contribution in [3.8, 4) is 40.6 Å². The third-order valence-corrected chi connectivity index (χ3v) is 10.1. The van der Waals surface area contributed by atoms with Gasteiger partial charge in [0.1, 0.15) is 29.6 Å². The largest absolute Gasteiger partial charge is 0.497 e. The topological polar surface area (TPSA) is 102 Å². The first kappa shape index (κ1) is 37.4. The van der Waals surface area contributed by atoms with Crippen LogP contribution in [0, 0.1) is 11.8 Å². The van der Waals surface area contributed by atoms with Crippen LogP contribution in [0.15, 0.2) is 60.7 Å². The van der Waals surface area contributed by atoms with E-state index in [0.29, 0.717) is 34.9 Å². The number of rotatable bonds is 12. The highest BCUT2D eigenvalue weighted by Gasteiger charge is 2.34. The van der Waals surface area contributed by atoms with Crippen molar-refractivity contribution in [3.63, 3.8) is 0 Å². The fraction of sp³-hybridized carbons (Fsp3) is 0.463. The van der Waals surface area contributed by atoms with Gasteiger partial charge in [0.25, 0.3) is 0 Å². The molecule has 2 fully saturated rings. The molecule has 0 saturated heterocycles. The van der Waals surface area contributed by atoms with Crippen molar-refractivity contribution in [2.75, 3.05) is 42.6 Å². The summed E-state index contributed by atoms with van der Waals surface area (Å²) in [6, 6.07) is 19.3. The van der Waals surface area contributed by atoms with Crippen molar-refractivity contribution >= 4 is 11.9 Å². The molecule has 3 aromatic carbocycles. The second-order valence-electron chi connectivity index (χ2n) is 13.0. The van der Waals surface area contributed by atoms with Crippen molar-refractivity contribution in [2.45, 2.75) is 81.6 Å². The molecule has 0 spiro atoms. The fourth-order valence-electron chi connectivity index (χ4n) is 7.19. The first-order valence-electron chi connectivity index (χ1n) is 17.5. The highest BCUT2D eigenvalue weighted by Crippen LogP contribution is 2.38. The zero-order valence-corrected chi connectivity index (χ0v) is 30.4. The summed E-state index contributed by atoms with van der Waals surface area (Å²) in [5.74, 6) is 6.99. The molecule has 0 bridgehead atoms. The van der Waals surface area contributed by atoms with Gasteiger partial charge in [-0.2, -0.15) is 0 Å². The van der Waals surface area contributed by atoms with Crippen molar-refractivity contribution in [2.24, 2.45) is 0 Å². The van der Waals surface area contributed by atoms with Gasteiger partial charge in [-0.15, -0.1) is 0 Å². The Kier molecular flexibility index (Phi) is 13.1. The Morgan fingerprint density at radius 3 is 1.49 bits per heavy atom. The molecule has 0 N–H and O–H groups in total. The molecule has 0 radical (unpaired) electrons. The van der Waals surface area contributed by atoms with Gasteiger partial charge in [-0.05, 0) is 106 Å². The number of ether oxygens (including phenoxy) is 7. The molecule has 2 aliphatic carbocycles. The molecule has 272 valence electrons. The Bertz CT molecular complexity index is 1590. The molecule has 0 heterocycles. The summed E-state index contributed by atoms with van der Waals surface area (Å²) in [5.41, 5.74) is 2.27. The second-order valence-corrected chi connectivity index (χ2v) is 13.0. The van der Waals surface area contributed by atoms with Gasteiger partial charge in [0.05, 0.1) is 35.5 Å². The van der Waals surface area contributed by atoms with E-state index in [9.17, 15) is 9.59 Å². The average molecular weight is 700 g/mol. The van der Waals surface area contributed by atoms with Gasteiger partial charge in [-0.3, -0.25) is 4.79 Å². The van der Waals surface area contributed by atoms with Crippen molar-refractivity contribution in [1.82, 2.24) is 4.90 Å². The Morgan fingerprint density at radius 2 is 1.08 bits per heavy atom. The highest BCUT2D eigenvalue weighted by molar-refractivity contribution is 5.89. The van der Waals surface area contributed by atoms with Crippen molar-refractivity contribution in [3.05, 3.63) is 77.4 Å². The smallest absolute Gasteiger partial charge is 0.384 e. The lowest BCUT2D eigenvalue weighted by Crippen LogP contribution is -2.45. The van der Waals surface area contributed by atoms with Crippen LogP contribution in [-0.4, -0.2) is 83.7 Å². The summed E-state index contributed by atoms with van der Waals surface area (Å²) >= 11 is 0. The molecule has 2 saturated carbocycles. The van der Waals surface area contributed by atoms with Gasteiger partial charge < -0.3 is 38.1 Å². The van der Waals surface area contributed by atoms with Crippen molar-refractivity contribution in [1.29, 1.82) is 0 Å². The van der Waals surface area contributed by atoms with E-state index in [1.54, 1.807) is 26.4 Å². The van der Waals surface area contributed by atoms with Gasteiger partial charge in [0.15, 0.2) is 11.5 Å². The third-order valence-electron chi connectivity index (χ3n) is 10.1. The quantitative estimate of drug-likeness (QED) is 0.153. The Balaban J connectivity index is 1.10. The molecule has 0 amide bonds. The number of nitrogens with zero attached hydrogens (tertiary/aromatic N) is 1. The maximum atomic E-state index is 13.7. The fourth-order valence-corrected chi connectivity index (χ4v) is 7.19. The van der Waals surface area contributed by atoms with Crippen LogP contribution in [0.5, 0.6) is 28.7 Å². The first-order valence-corrected chi connectivity index (χ1v) is 17.5. The van der Waals surface area contributed by atoms with E-state index in [-0.39, 0.29) is 18.2 Å². The summed E-state index contributed by atoms with van der Waals surface area (Å²) in [5, 5.41) is 0. The zero-order chi connectivity index (χ0) is 36.3. The molecule has 2 aliphatic rings. The Morgan fingerprint density at radius 1 is 0.627 bits per heavy atom. The minimum atomic E-state index is -0.549. The number of methoxy groups -OCH3 is 5. The standard InChI is InChI=1S/C41H49NO9/c1-42(30-12-20-34(21-13-30)50-38(43)24-7-27-25-36(47-4)40(49-6)37(26-27)48-5)31-14-22-35(23-15-31)51-41(44)39(28-8-16-32(45-2)17-9-28)29-10-18-33(46-3)19-11-29/h8-11,16-19,25-26,30-31,34-35,39H,12-15,20-23H2,1-6H3. The molecule has 3 aromatic rings. The minimum absolute atomic E-state index is 0.127. The Labute approximate surface area is 301 Å². The van der Waals surface area contributed by atoms with E-state index in [0.717, 1.165) is 74.0 Å². The third kappa shape index (κ3) is 9.47. The number of carbonyl (C=O) groups excluding carboxylic acids is 2. The SMILES string of the molecule is COc1ccc(C(C(=O)OC2CCC(N(C)C3CCC(OC(=O)C#Cc4cc(OC)c(OC)c(OC)c4)CC3)CC2)c2ccc(OC)cc2)cc1. The average Bonchev–Trinajstić information content (AvgIpc) is 3.17. The number of hydrogen-bond donors (Lipinski definition) is 0. The van der Waals surface area contributed by atoms with Crippen LogP contribution < -0.4 is 23.7 Å². The lowest BCUT2D eigenvalue weighted by Gasteiger charge is -2.41. The minimum Gasteiger partial charge on any atom is -0.497 e. The van der Waals surface area contributed by atoms with Crippen LogP contribution in [0.2, 0.25) is 0 Å². The molecule has 0 atom stereocenters. The van der Waals surface area contributed by atoms with E-state index in [4.69, 9.17) is 33.2 Å². The lowest BCUT2D eigenvalue weighted by molar-refractivity contribution is -0.152. The maximum absolute atomic E-state index is 13.7. The van der Waals surface area contributed by atoms with Crippen LogP contribution in [0.3, 0.4) is 0 Å². The molecule has 10 heteroatoms. The summed E-state index contributed by atoms with van der Waals surface area (Å²) in [4.78, 5) is 28.8. The summed E-state index contributed by atoms with van der Waals surface area (Å²) < 4.78 is 38.7. The molecule has 10 nitrogen and oxygen atoms in total. The molecular weight excluding hydrogens is 650 g/mol. The van der Waals surface area contributed by atoms with Crippen molar-refractivity contribution < 1.29 is 42.7 Å². The molecule has 0 unspecified atom stereocenters.